The molecule has 35 heavy (non-hydrogen) atoms. The quantitative estimate of drug-likeness (QED) is 0.410. The molecule has 1 unspecified atom stereocenters. The highest BCUT2D eigenvalue weighted by atomic mass is 19.1. The molecule has 3 heterocycles. The van der Waals surface area contributed by atoms with Gasteiger partial charge in [-0.05, 0) is 61.6 Å². The standard InChI is InChI=1S/C28H23FN4O2/c1-15(13-30)24-21-7-5-18(11-19(21)14-35-23-12-20(29)6-8-22(23)24)27(34)26-25(17-3-4-17)32-28-16(2)31-9-10-33(26)28/h5-12,17,27,34H,3-4,14H2,1-2H3. The van der Waals surface area contributed by atoms with E-state index in [4.69, 9.17) is 9.72 Å². The van der Waals surface area contributed by atoms with Crippen LogP contribution in [0.1, 0.15) is 71.1 Å². The molecule has 7 heteroatoms. The van der Waals surface area contributed by atoms with Gasteiger partial charge in [0.05, 0.1) is 23.2 Å². The molecule has 0 saturated heterocycles. The molecule has 2 aromatic carbocycles. The van der Waals surface area contributed by atoms with E-state index in [-0.39, 0.29) is 6.61 Å². The normalized spacial score (nSPS) is 17.1. The van der Waals surface area contributed by atoms with Gasteiger partial charge >= 0.3 is 0 Å². The van der Waals surface area contributed by atoms with Gasteiger partial charge in [-0.2, -0.15) is 5.26 Å². The second-order valence-corrected chi connectivity index (χ2v) is 9.22. The van der Waals surface area contributed by atoms with Crippen LogP contribution in [0.4, 0.5) is 4.39 Å². The van der Waals surface area contributed by atoms with Crippen molar-refractivity contribution in [3.05, 3.63) is 99.5 Å². The molecule has 0 bridgehead atoms. The van der Waals surface area contributed by atoms with Crippen molar-refractivity contribution in [2.24, 2.45) is 0 Å². The number of aliphatic hydroxyl groups is 1. The van der Waals surface area contributed by atoms with Crippen molar-refractivity contribution >= 4 is 11.2 Å². The third-order valence-electron chi connectivity index (χ3n) is 6.86. The van der Waals surface area contributed by atoms with Crippen LogP contribution in [0, 0.1) is 24.1 Å². The minimum Gasteiger partial charge on any atom is -0.488 e. The van der Waals surface area contributed by atoms with Crippen LogP contribution in [0.3, 0.4) is 0 Å². The summed E-state index contributed by atoms with van der Waals surface area (Å²) in [4.78, 5) is 9.20. The van der Waals surface area contributed by atoms with E-state index in [9.17, 15) is 14.8 Å². The number of ether oxygens (including phenoxy) is 1. The SMILES string of the molecule is CC(C#N)=C1c2ccc(C(O)c3c(C4CC4)nc4c(C)nccn34)cc2COc2cc(F)ccc21. The van der Waals surface area contributed by atoms with Crippen molar-refractivity contribution in [2.45, 2.75) is 45.3 Å². The van der Waals surface area contributed by atoms with Crippen LogP contribution >= 0.6 is 0 Å². The second-order valence-electron chi connectivity index (χ2n) is 9.22. The number of aromatic nitrogens is 3. The molecule has 0 amide bonds. The molecule has 6 nitrogen and oxygen atoms in total. The number of aliphatic hydroxyl groups excluding tert-OH is 1. The lowest BCUT2D eigenvalue weighted by molar-refractivity contribution is 0.212. The zero-order chi connectivity index (χ0) is 24.3. The maximum absolute atomic E-state index is 14.0. The molecule has 6 rings (SSSR count). The predicted octanol–water partition coefficient (Wildman–Crippen LogP) is 5.37. The number of imidazole rings is 1. The number of halogens is 1. The van der Waals surface area contributed by atoms with Gasteiger partial charge in [0.25, 0.3) is 0 Å². The Morgan fingerprint density at radius 3 is 2.80 bits per heavy atom. The summed E-state index contributed by atoms with van der Waals surface area (Å²) in [5.41, 5.74) is 7.53. The van der Waals surface area contributed by atoms with Crippen LogP contribution in [0.5, 0.6) is 5.75 Å². The Morgan fingerprint density at radius 1 is 1.23 bits per heavy atom. The van der Waals surface area contributed by atoms with Crippen molar-refractivity contribution < 1.29 is 14.2 Å². The number of nitriles is 1. The van der Waals surface area contributed by atoms with Crippen LogP contribution in [0.2, 0.25) is 0 Å². The number of allylic oxidation sites excluding steroid dienone is 1. The number of hydrogen-bond donors (Lipinski definition) is 1. The zero-order valence-corrected chi connectivity index (χ0v) is 19.4. The Morgan fingerprint density at radius 2 is 2.03 bits per heavy atom. The molecule has 1 atom stereocenters. The number of rotatable bonds is 3. The smallest absolute Gasteiger partial charge is 0.158 e. The monoisotopic (exact) mass is 466 g/mol. The largest absolute Gasteiger partial charge is 0.488 e. The molecule has 1 aliphatic carbocycles. The highest BCUT2D eigenvalue weighted by Gasteiger charge is 2.34. The first-order valence-electron chi connectivity index (χ1n) is 11.6. The van der Waals surface area contributed by atoms with E-state index in [1.165, 1.54) is 12.1 Å². The predicted molar refractivity (Wildman–Crippen MR) is 128 cm³/mol. The number of benzene rings is 2. The lowest BCUT2D eigenvalue weighted by atomic mass is 9.89. The van der Waals surface area contributed by atoms with Gasteiger partial charge in [-0.25, -0.2) is 9.37 Å². The van der Waals surface area contributed by atoms with Gasteiger partial charge < -0.3 is 9.84 Å². The van der Waals surface area contributed by atoms with E-state index < -0.39 is 11.9 Å². The zero-order valence-electron chi connectivity index (χ0n) is 19.4. The average Bonchev–Trinajstić information content (AvgIpc) is 3.65. The van der Waals surface area contributed by atoms with Crippen LogP contribution in [-0.2, 0) is 6.61 Å². The van der Waals surface area contributed by atoms with Crippen molar-refractivity contribution in [2.75, 3.05) is 0 Å². The minimum atomic E-state index is -0.903. The van der Waals surface area contributed by atoms with Gasteiger partial charge in [-0.1, -0.05) is 12.1 Å². The first kappa shape index (κ1) is 21.5. The first-order chi connectivity index (χ1) is 17.0. The summed E-state index contributed by atoms with van der Waals surface area (Å²) in [6, 6.07) is 12.3. The molecule has 1 fully saturated rings. The second kappa shape index (κ2) is 8.03. The van der Waals surface area contributed by atoms with Crippen LogP contribution < -0.4 is 4.74 Å². The van der Waals surface area contributed by atoms with E-state index in [1.54, 1.807) is 19.2 Å². The first-order valence-corrected chi connectivity index (χ1v) is 11.6. The van der Waals surface area contributed by atoms with E-state index >= 15 is 0 Å². The Bertz CT molecular complexity index is 1580. The molecular weight excluding hydrogens is 443 g/mol. The fourth-order valence-corrected chi connectivity index (χ4v) is 4.95. The van der Waals surface area contributed by atoms with Crippen LogP contribution in [0.15, 0.2) is 54.4 Å². The molecule has 1 saturated carbocycles. The maximum Gasteiger partial charge on any atom is 0.158 e. The van der Waals surface area contributed by atoms with Crippen molar-refractivity contribution in [1.29, 1.82) is 5.26 Å². The highest BCUT2D eigenvalue weighted by molar-refractivity contribution is 5.88. The van der Waals surface area contributed by atoms with Crippen LogP contribution in [-0.4, -0.2) is 19.5 Å². The minimum absolute atomic E-state index is 0.195. The molecular formula is C28H23FN4O2. The van der Waals surface area contributed by atoms with Gasteiger partial charge in [0.15, 0.2) is 5.65 Å². The highest BCUT2D eigenvalue weighted by Crippen LogP contribution is 2.45. The summed E-state index contributed by atoms with van der Waals surface area (Å²) < 4.78 is 21.9. The molecule has 174 valence electrons. The summed E-state index contributed by atoms with van der Waals surface area (Å²) in [6.07, 6.45) is 4.78. The third-order valence-corrected chi connectivity index (χ3v) is 6.86. The summed E-state index contributed by atoms with van der Waals surface area (Å²) in [5.74, 6) is 0.346. The van der Waals surface area contributed by atoms with Gasteiger partial charge in [0, 0.05) is 41.1 Å². The lowest BCUT2D eigenvalue weighted by Crippen LogP contribution is -2.08. The summed E-state index contributed by atoms with van der Waals surface area (Å²) in [6.45, 7) is 3.86. The molecule has 0 spiro atoms. The van der Waals surface area contributed by atoms with E-state index in [2.05, 4.69) is 11.1 Å². The summed E-state index contributed by atoms with van der Waals surface area (Å²) in [7, 11) is 0. The Kier molecular flexibility index (Phi) is 4.94. The van der Waals surface area contributed by atoms with Gasteiger partial charge in [-0.3, -0.25) is 9.38 Å². The fraction of sp³-hybridized carbons (Fsp3) is 0.250. The molecule has 4 aromatic rings. The Hall–Kier alpha value is -4.02. The van der Waals surface area contributed by atoms with E-state index in [1.807, 2.05) is 35.7 Å². The van der Waals surface area contributed by atoms with Gasteiger partial charge in [0.1, 0.15) is 24.3 Å². The summed E-state index contributed by atoms with van der Waals surface area (Å²) >= 11 is 0. The molecule has 1 N–H and O–H groups in total. The number of aryl methyl sites for hydroxylation is 1. The average molecular weight is 467 g/mol. The van der Waals surface area contributed by atoms with Crippen molar-refractivity contribution in [3.8, 4) is 11.8 Å². The molecule has 2 aliphatic rings. The topological polar surface area (TPSA) is 83.4 Å². The van der Waals surface area contributed by atoms with Gasteiger partial charge in [0.2, 0.25) is 0 Å². The molecule has 2 aromatic heterocycles. The van der Waals surface area contributed by atoms with E-state index in [0.29, 0.717) is 33.9 Å². The summed E-state index contributed by atoms with van der Waals surface area (Å²) in [5, 5.41) is 21.3. The number of nitrogens with zero attached hydrogens (tertiary/aromatic N) is 4. The lowest BCUT2D eigenvalue weighted by Gasteiger charge is -2.17. The maximum atomic E-state index is 14.0. The van der Waals surface area contributed by atoms with E-state index in [0.717, 1.165) is 46.7 Å². The Labute approximate surface area is 202 Å². The van der Waals surface area contributed by atoms with Gasteiger partial charge in [-0.15, -0.1) is 0 Å². The third kappa shape index (κ3) is 3.49. The Balaban J connectivity index is 1.49. The van der Waals surface area contributed by atoms with Crippen molar-refractivity contribution in [3.63, 3.8) is 0 Å². The molecule has 0 radical (unpaired) electrons. The van der Waals surface area contributed by atoms with Crippen molar-refractivity contribution in [1.82, 2.24) is 14.4 Å². The van der Waals surface area contributed by atoms with Crippen LogP contribution in [0.25, 0.3) is 11.2 Å². The number of fused-ring (bicyclic) bond motifs is 3. The molecule has 1 aliphatic heterocycles. The fourth-order valence-electron chi connectivity index (χ4n) is 4.95. The number of hydrogen-bond acceptors (Lipinski definition) is 5.